The third-order valence-corrected chi connectivity index (χ3v) is 6.74. The average molecular weight is 426 g/mol. The molecular formula is C16H16BrN3O4S. The second kappa shape index (κ2) is 7.11. The van der Waals surface area contributed by atoms with Gasteiger partial charge in [-0.25, -0.2) is 13.4 Å². The number of rotatable bonds is 4. The van der Waals surface area contributed by atoms with Gasteiger partial charge in [0.15, 0.2) is 0 Å². The fourth-order valence-corrected chi connectivity index (χ4v) is 4.95. The number of aromatic nitrogens is 1. The summed E-state index contributed by atoms with van der Waals surface area (Å²) in [4.78, 5) is 18.2. The van der Waals surface area contributed by atoms with Crippen molar-refractivity contribution in [3.8, 4) is 5.88 Å². The Kier molecular flexibility index (Phi) is 5.07. The summed E-state index contributed by atoms with van der Waals surface area (Å²) >= 11 is 3.26. The molecule has 0 bridgehead atoms. The van der Waals surface area contributed by atoms with Crippen LogP contribution in [-0.2, 0) is 14.8 Å². The number of piperazine rings is 1. The number of halogens is 1. The monoisotopic (exact) mass is 425 g/mol. The first kappa shape index (κ1) is 17.8. The normalized spacial score (nSPS) is 16.1. The fraction of sp³-hybridized carbons (Fsp3) is 0.250. The summed E-state index contributed by atoms with van der Waals surface area (Å²) in [6, 6.07) is 9.91. The van der Waals surface area contributed by atoms with Crippen molar-refractivity contribution in [1.29, 1.82) is 0 Å². The second-order valence-corrected chi connectivity index (χ2v) is 8.13. The van der Waals surface area contributed by atoms with Crippen LogP contribution >= 0.6 is 15.9 Å². The van der Waals surface area contributed by atoms with E-state index in [-0.39, 0.29) is 30.4 Å². The molecule has 0 spiro atoms. The van der Waals surface area contributed by atoms with Crippen LogP contribution in [0.3, 0.4) is 0 Å². The summed E-state index contributed by atoms with van der Waals surface area (Å²) in [7, 11) is -2.25. The van der Waals surface area contributed by atoms with Crippen molar-refractivity contribution in [1.82, 2.24) is 9.29 Å². The molecular weight excluding hydrogens is 410 g/mol. The molecule has 25 heavy (non-hydrogen) atoms. The van der Waals surface area contributed by atoms with Crippen molar-refractivity contribution < 1.29 is 17.9 Å². The van der Waals surface area contributed by atoms with Crippen molar-refractivity contribution in [2.75, 3.05) is 31.6 Å². The van der Waals surface area contributed by atoms with E-state index in [1.807, 2.05) is 0 Å². The molecule has 1 aliphatic heterocycles. The van der Waals surface area contributed by atoms with Crippen LogP contribution in [0.5, 0.6) is 5.88 Å². The third kappa shape index (κ3) is 3.53. The zero-order chi connectivity index (χ0) is 18.0. The number of anilines is 1. The topological polar surface area (TPSA) is 79.8 Å². The number of hydrogen-bond donors (Lipinski definition) is 0. The molecule has 0 saturated carbocycles. The largest absolute Gasteiger partial charge is 0.481 e. The summed E-state index contributed by atoms with van der Waals surface area (Å²) < 4.78 is 32.3. The van der Waals surface area contributed by atoms with E-state index in [0.29, 0.717) is 16.0 Å². The quantitative estimate of drug-likeness (QED) is 0.746. The Balaban J connectivity index is 1.82. The molecule has 0 N–H and O–H groups in total. The van der Waals surface area contributed by atoms with Crippen LogP contribution < -0.4 is 9.64 Å². The first-order chi connectivity index (χ1) is 11.9. The fourth-order valence-electron chi connectivity index (χ4n) is 2.60. The smallest absolute Gasteiger partial charge is 0.244 e. The molecule has 1 fully saturated rings. The molecule has 0 radical (unpaired) electrons. The molecule has 1 aromatic carbocycles. The highest BCUT2D eigenvalue weighted by atomic mass is 79.9. The van der Waals surface area contributed by atoms with Gasteiger partial charge in [-0.1, -0.05) is 12.1 Å². The number of carbonyl (C=O) groups excluding carboxylic acids is 1. The van der Waals surface area contributed by atoms with Gasteiger partial charge in [0.2, 0.25) is 21.8 Å². The number of carbonyl (C=O) groups is 1. The lowest BCUT2D eigenvalue weighted by Gasteiger charge is -2.33. The highest BCUT2D eigenvalue weighted by Crippen LogP contribution is 2.27. The van der Waals surface area contributed by atoms with E-state index < -0.39 is 10.0 Å². The predicted molar refractivity (Wildman–Crippen MR) is 96.0 cm³/mol. The van der Waals surface area contributed by atoms with Crippen molar-refractivity contribution in [3.63, 3.8) is 0 Å². The van der Waals surface area contributed by atoms with Gasteiger partial charge in [0.1, 0.15) is 0 Å². The van der Waals surface area contributed by atoms with Crippen LogP contribution in [-0.4, -0.2) is 50.4 Å². The van der Waals surface area contributed by atoms with Crippen LogP contribution in [0.15, 0.2) is 52.0 Å². The molecule has 1 aromatic heterocycles. The second-order valence-electron chi connectivity index (χ2n) is 5.37. The van der Waals surface area contributed by atoms with E-state index in [0.717, 1.165) is 0 Å². The zero-order valence-electron chi connectivity index (χ0n) is 13.4. The molecule has 7 nitrogen and oxygen atoms in total. The van der Waals surface area contributed by atoms with E-state index >= 15 is 0 Å². The molecule has 2 aromatic rings. The standard InChI is InChI=1S/C16H16BrN3O4S/c1-24-15-10-12(6-7-18-15)20-9-8-19(11-16(20)21)25(22,23)14-5-3-2-4-13(14)17/h2-7,10H,8-9,11H2,1H3. The molecule has 0 unspecified atom stereocenters. The summed E-state index contributed by atoms with van der Waals surface area (Å²) in [5.41, 5.74) is 0.634. The minimum absolute atomic E-state index is 0.154. The first-order valence-electron chi connectivity index (χ1n) is 7.48. The summed E-state index contributed by atoms with van der Waals surface area (Å²) in [6.07, 6.45) is 1.55. The van der Waals surface area contributed by atoms with Crippen molar-refractivity contribution in [2.45, 2.75) is 4.90 Å². The van der Waals surface area contributed by atoms with Crippen LogP contribution in [0.1, 0.15) is 0 Å². The number of amides is 1. The lowest BCUT2D eigenvalue weighted by molar-refractivity contribution is -0.119. The Morgan fingerprint density at radius 3 is 2.64 bits per heavy atom. The predicted octanol–water partition coefficient (Wildman–Crippen LogP) is 1.89. The third-order valence-electron chi connectivity index (χ3n) is 3.88. The maximum atomic E-state index is 12.8. The van der Waals surface area contributed by atoms with Gasteiger partial charge in [-0.05, 0) is 34.1 Å². The summed E-state index contributed by atoms with van der Waals surface area (Å²) in [5, 5.41) is 0. The average Bonchev–Trinajstić information content (AvgIpc) is 2.62. The SMILES string of the molecule is COc1cc(N2CCN(S(=O)(=O)c3ccccc3Br)CC2=O)ccn1. The van der Waals surface area contributed by atoms with E-state index in [2.05, 4.69) is 20.9 Å². The Morgan fingerprint density at radius 2 is 1.96 bits per heavy atom. The Bertz CT molecular complexity index is 904. The van der Waals surface area contributed by atoms with Gasteiger partial charge < -0.3 is 9.64 Å². The molecule has 9 heteroatoms. The molecule has 2 heterocycles. The van der Waals surface area contributed by atoms with Crippen molar-refractivity contribution in [3.05, 3.63) is 47.1 Å². The maximum Gasteiger partial charge on any atom is 0.244 e. The number of pyridine rings is 1. The number of nitrogens with zero attached hydrogens (tertiary/aromatic N) is 3. The Hall–Kier alpha value is -1.97. The van der Waals surface area contributed by atoms with Gasteiger partial charge in [0.25, 0.3) is 0 Å². The van der Waals surface area contributed by atoms with E-state index in [1.165, 1.54) is 22.4 Å². The Morgan fingerprint density at radius 1 is 1.20 bits per heavy atom. The van der Waals surface area contributed by atoms with Gasteiger partial charge >= 0.3 is 0 Å². The highest BCUT2D eigenvalue weighted by Gasteiger charge is 2.34. The van der Waals surface area contributed by atoms with Crippen LogP contribution in [0.25, 0.3) is 0 Å². The van der Waals surface area contributed by atoms with E-state index in [9.17, 15) is 13.2 Å². The maximum absolute atomic E-state index is 12.8. The number of ether oxygens (including phenoxy) is 1. The zero-order valence-corrected chi connectivity index (χ0v) is 15.8. The molecule has 0 atom stereocenters. The van der Waals surface area contributed by atoms with Crippen LogP contribution in [0.4, 0.5) is 5.69 Å². The van der Waals surface area contributed by atoms with E-state index in [1.54, 1.807) is 36.5 Å². The molecule has 1 saturated heterocycles. The summed E-state index contributed by atoms with van der Waals surface area (Å²) in [5.74, 6) is 0.101. The number of benzene rings is 1. The minimum atomic E-state index is -3.74. The Labute approximate surface area is 154 Å². The van der Waals surface area contributed by atoms with Gasteiger partial charge in [-0.15, -0.1) is 0 Å². The molecule has 3 rings (SSSR count). The van der Waals surface area contributed by atoms with Crippen LogP contribution in [0.2, 0.25) is 0 Å². The van der Waals surface area contributed by atoms with Crippen LogP contribution in [0, 0.1) is 0 Å². The van der Waals surface area contributed by atoms with Gasteiger partial charge in [0.05, 0.1) is 24.2 Å². The van der Waals surface area contributed by atoms with Gasteiger partial charge in [-0.2, -0.15) is 4.31 Å². The van der Waals surface area contributed by atoms with E-state index in [4.69, 9.17) is 4.74 Å². The molecule has 132 valence electrons. The molecule has 1 amide bonds. The summed E-state index contributed by atoms with van der Waals surface area (Å²) in [6.45, 7) is 0.254. The lowest BCUT2D eigenvalue weighted by Crippen LogP contribution is -2.52. The lowest BCUT2D eigenvalue weighted by atomic mass is 10.3. The van der Waals surface area contributed by atoms with Gasteiger partial charge in [-0.3, -0.25) is 4.79 Å². The van der Waals surface area contributed by atoms with Crippen molar-refractivity contribution in [2.24, 2.45) is 0 Å². The number of methoxy groups -OCH3 is 1. The number of sulfonamides is 1. The highest BCUT2D eigenvalue weighted by molar-refractivity contribution is 9.10. The van der Waals surface area contributed by atoms with Crippen molar-refractivity contribution >= 4 is 37.5 Å². The van der Waals surface area contributed by atoms with Gasteiger partial charge in [0, 0.05) is 29.8 Å². The molecule has 1 aliphatic rings. The first-order valence-corrected chi connectivity index (χ1v) is 9.72. The number of hydrogen-bond acceptors (Lipinski definition) is 5. The minimum Gasteiger partial charge on any atom is -0.481 e. The molecule has 0 aliphatic carbocycles.